The summed E-state index contributed by atoms with van der Waals surface area (Å²) in [7, 11) is 0. The van der Waals surface area contributed by atoms with Gasteiger partial charge in [0.15, 0.2) is 0 Å². The lowest BCUT2D eigenvalue weighted by Crippen LogP contribution is -2.63. The minimum Gasteiger partial charge on any atom is -0.392 e. The van der Waals surface area contributed by atoms with Crippen molar-refractivity contribution < 1.29 is 10.2 Å². The molecule has 6 nitrogen and oxygen atoms in total. The first-order valence-electron chi connectivity index (χ1n) is 19.2. The predicted octanol–water partition coefficient (Wildman–Crippen LogP) is 6.37. The summed E-state index contributed by atoms with van der Waals surface area (Å²) in [6.45, 7) is 10.1. The quantitative estimate of drug-likeness (QED) is 0.350. The van der Waals surface area contributed by atoms with E-state index in [9.17, 15) is 10.2 Å². The topological polar surface area (TPSA) is 53.4 Å². The highest BCUT2D eigenvalue weighted by Crippen LogP contribution is 2.71. The van der Waals surface area contributed by atoms with E-state index in [1.165, 1.54) is 45.0 Å². The van der Waals surface area contributed by atoms with E-state index in [1.54, 1.807) is 0 Å². The number of benzene rings is 2. The fraction of sp³-hybridized carbons (Fsp3) is 0.455. The van der Waals surface area contributed by atoms with Gasteiger partial charge in [0.05, 0.1) is 25.3 Å². The van der Waals surface area contributed by atoms with Gasteiger partial charge >= 0.3 is 0 Å². The molecule has 9 aliphatic rings. The van der Waals surface area contributed by atoms with Crippen LogP contribution >= 0.6 is 0 Å². The van der Waals surface area contributed by atoms with Crippen molar-refractivity contribution in [3.8, 4) is 0 Å². The smallest absolute Gasteiger partial charge is 0.0670 e. The van der Waals surface area contributed by atoms with Crippen molar-refractivity contribution in [3.05, 3.63) is 132 Å². The van der Waals surface area contributed by atoms with Gasteiger partial charge in [-0.3, -0.25) is 0 Å². The molecule has 0 radical (unpaired) electrons. The third kappa shape index (κ3) is 3.26. The van der Waals surface area contributed by atoms with Crippen LogP contribution in [-0.4, -0.2) is 70.5 Å². The van der Waals surface area contributed by atoms with Crippen LogP contribution in [0.4, 0.5) is 11.4 Å². The Bertz CT molecular complexity index is 1820. The molecule has 4 aliphatic carbocycles. The van der Waals surface area contributed by atoms with Crippen molar-refractivity contribution >= 4 is 11.4 Å². The molecule has 0 unspecified atom stereocenters. The molecule has 2 spiro atoms. The molecule has 4 saturated carbocycles. The Morgan fingerprint density at radius 3 is 1.52 bits per heavy atom. The summed E-state index contributed by atoms with van der Waals surface area (Å²) in [6.07, 6.45) is 20.6. The zero-order valence-electron chi connectivity index (χ0n) is 28.9. The van der Waals surface area contributed by atoms with E-state index >= 15 is 0 Å². The van der Waals surface area contributed by atoms with Crippen molar-refractivity contribution in [2.75, 3.05) is 36.1 Å². The highest BCUT2D eigenvalue weighted by Gasteiger charge is 2.71. The Kier molecular flexibility index (Phi) is 6.11. The van der Waals surface area contributed by atoms with Crippen LogP contribution in [0.15, 0.2) is 121 Å². The number of para-hydroxylation sites is 2. The third-order valence-corrected chi connectivity index (χ3v) is 15.3. The number of nitrogens with zero attached hydrogens (tertiary/aromatic N) is 4. The minimum atomic E-state index is 0.0233. The summed E-state index contributed by atoms with van der Waals surface area (Å²) in [5.74, 6) is 1.53. The summed E-state index contributed by atoms with van der Waals surface area (Å²) in [5.41, 5.74) is 11.5. The molecule has 4 bridgehead atoms. The molecular formula is C44H48N4O2. The standard InChI is InChI=1S/C44H48N4O2/c1-3-19-45-35(15-21-49)27-23-33-39(45)13-17-43(33)31-9-5-7-11-37(31)48-26-30-28-24-34-40(46(20-4-2)36(28)16-22-50)14-18-44(34)32-10-6-8-12-38(32)47(42(30)44)25-29(27)41(43)48/h3-12,15-16,25-28,33-34,39-42,49-50H,1-2,13-14,17-24H2/b29-25-,30-26+,35-15+,36-16-/t27-,28-,33-,34+,39-,40-,41-,42-,43+,44-/m0/s1. The lowest BCUT2D eigenvalue weighted by molar-refractivity contribution is 0.0738. The van der Waals surface area contributed by atoms with Crippen LogP contribution in [-0.2, 0) is 10.8 Å². The first-order chi connectivity index (χ1) is 24.6. The fourth-order valence-electron chi connectivity index (χ4n) is 14.2. The molecule has 6 fully saturated rings. The monoisotopic (exact) mass is 664 g/mol. The number of allylic oxidation sites excluding steroid dienone is 2. The maximum atomic E-state index is 10.5. The van der Waals surface area contributed by atoms with Gasteiger partial charge in [-0.05, 0) is 96.9 Å². The highest BCUT2D eigenvalue weighted by atomic mass is 16.3. The van der Waals surface area contributed by atoms with E-state index in [1.807, 2.05) is 0 Å². The van der Waals surface area contributed by atoms with Gasteiger partial charge in [-0.15, -0.1) is 13.2 Å². The van der Waals surface area contributed by atoms with Crippen LogP contribution in [0.5, 0.6) is 0 Å². The molecule has 10 atom stereocenters. The molecule has 5 heterocycles. The number of anilines is 2. The summed E-state index contributed by atoms with van der Waals surface area (Å²) in [4.78, 5) is 10.8. The van der Waals surface area contributed by atoms with E-state index in [2.05, 4.69) is 118 Å². The molecule has 11 rings (SSSR count). The molecule has 2 saturated heterocycles. The Hall–Kier alpha value is -4.00. The molecule has 50 heavy (non-hydrogen) atoms. The normalized spacial score (nSPS) is 42.6. The summed E-state index contributed by atoms with van der Waals surface area (Å²) >= 11 is 0. The first-order valence-corrected chi connectivity index (χ1v) is 19.2. The number of likely N-dealkylation sites (tertiary alicyclic amines) is 2. The zero-order valence-corrected chi connectivity index (χ0v) is 28.9. The van der Waals surface area contributed by atoms with Crippen LogP contribution in [0.2, 0.25) is 0 Å². The number of piperidine rings is 2. The molecule has 0 amide bonds. The number of rotatable bonds is 6. The maximum absolute atomic E-state index is 10.5. The van der Waals surface area contributed by atoms with Gasteiger partial charge < -0.3 is 29.8 Å². The number of aliphatic hydroxyl groups excluding tert-OH is 2. The van der Waals surface area contributed by atoms with E-state index in [0.717, 1.165) is 51.6 Å². The van der Waals surface area contributed by atoms with Gasteiger partial charge in [0.1, 0.15) is 0 Å². The van der Waals surface area contributed by atoms with Crippen LogP contribution in [0.3, 0.4) is 0 Å². The Morgan fingerprint density at radius 2 is 1.10 bits per heavy atom. The van der Waals surface area contributed by atoms with E-state index in [0.29, 0.717) is 23.9 Å². The second kappa shape index (κ2) is 10.3. The summed E-state index contributed by atoms with van der Waals surface area (Å²) in [6, 6.07) is 20.0. The predicted molar refractivity (Wildman–Crippen MR) is 198 cm³/mol. The lowest BCUT2D eigenvalue weighted by Gasteiger charge is -2.59. The number of fused-ring (bicyclic) bond motifs is 8. The average Bonchev–Trinajstić information content (AvgIpc) is 3.86. The van der Waals surface area contributed by atoms with Gasteiger partial charge in [-0.25, -0.2) is 0 Å². The fourth-order valence-corrected chi connectivity index (χ4v) is 14.2. The van der Waals surface area contributed by atoms with Crippen LogP contribution < -0.4 is 9.80 Å². The van der Waals surface area contributed by atoms with Gasteiger partial charge in [0.25, 0.3) is 0 Å². The lowest BCUT2D eigenvalue weighted by atomic mass is 9.54. The molecule has 5 aliphatic heterocycles. The van der Waals surface area contributed by atoms with Crippen molar-refractivity contribution in [2.24, 2.45) is 23.7 Å². The van der Waals surface area contributed by atoms with Gasteiger partial charge in [-0.1, -0.05) is 48.6 Å². The molecule has 2 N–H and O–H groups in total. The number of hydrogen-bond acceptors (Lipinski definition) is 6. The Labute approximate surface area is 296 Å². The largest absolute Gasteiger partial charge is 0.392 e. The molecular weight excluding hydrogens is 617 g/mol. The second-order valence-electron chi connectivity index (χ2n) is 16.5. The van der Waals surface area contributed by atoms with Crippen LogP contribution in [0, 0.1) is 23.7 Å². The van der Waals surface area contributed by atoms with Gasteiger partial charge in [0, 0.05) is 83.0 Å². The molecule has 2 aromatic carbocycles. The second-order valence-corrected chi connectivity index (χ2v) is 16.5. The van der Waals surface area contributed by atoms with Crippen molar-refractivity contribution in [3.63, 3.8) is 0 Å². The minimum absolute atomic E-state index is 0.0233. The van der Waals surface area contributed by atoms with Crippen LogP contribution in [0.25, 0.3) is 0 Å². The van der Waals surface area contributed by atoms with E-state index in [4.69, 9.17) is 0 Å². The average molecular weight is 665 g/mol. The van der Waals surface area contributed by atoms with Crippen molar-refractivity contribution in [1.29, 1.82) is 0 Å². The van der Waals surface area contributed by atoms with Crippen molar-refractivity contribution in [1.82, 2.24) is 9.80 Å². The number of aliphatic hydroxyl groups is 2. The third-order valence-electron chi connectivity index (χ3n) is 15.3. The van der Waals surface area contributed by atoms with Gasteiger partial charge in [0.2, 0.25) is 0 Å². The van der Waals surface area contributed by atoms with Gasteiger partial charge in [-0.2, -0.15) is 0 Å². The highest BCUT2D eigenvalue weighted by molar-refractivity contribution is 5.77. The number of hydrogen-bond donors (Lipinski definition) is 2. The Morgan fingerprint density at radius 1 is 0.660 bits per heavy atom. The zero-order chi connectivity index (χ0) is 33.5. The van der Waals surface area contributed by atoms with E-state index in [-0.39, 0.29) is 48.0 Å². The van der Waals surface area contributed by atoms with E-state index < -0.39 is 0 Å². The van der Waals surface area contributed by atoms with Crippen molar-refractivity contribution in [2.45, 2.75) is 73.5 Å². The molecule has 6 heteroatoms. The van der Waals surface area contributed by atoms with Crippen LogP contribution in [0.1, 0.15) is 49.7 Å². The maximum Gasteiger partial charge on any atom is 0.0670 e. The molecule has 2 aromatic rings. The molecule has 0 aromatic heterocycles. The molecule has 256 valence electrons. The summed E-state index contributed by atoms with van der Waals surface area (Å²) < 4.78 is 0. The summed E-state index contributed by atoms with van der Waals surface area (Å²) in [5, 5.41) is 21.0. The SMILES string of the molecule is C=CCN1/C(=C\CO)[C@H]2C[C@@H]3[C@@H]1CC[C@]31c3ccccc3N3/C=C4\[C@@H]5N(/C=C\2[C@H]31)c1ccccc1[C@@]51CC[C@H]2[C@@H]1C[C@@H]4/C(=C\CO)N2CC=C. The Balaban J connectivity index is 1.22. The first kappa shape index (κ1) is 29.7.